The third-order valence-corrected chi connectivity index (χ3v) is 5.52. The molecule has 1 amide bonds. The summed E-state index contributed by atoms with van der Waals surface area (Å²) in [6.45, 7) is 1.17. The molecule has 31 heavy (non-hydrogen) atoms. The Kier molecular flexibility index (Phi) is 6.02. The van der Waals surface area contributed by atoms with E-state index in [4.69, 9.17) is 4.74 Å². The van der Waals surface area contributed by atoms with Gasteiger partial charge in [0.05, 0.1) is 13.3 Å². The lowest BCUT2D eigenvalue weighted by Gasteiger charge is -2.09. The van der Waals surface area contributed by atoms with Crippen molar-refractivity contribution in [2.45, 2.75) is 25.8 Å². The van der Waals surface area contributed by atoms with E-state index in [9.17, 15) is 9.59 Å². The van der Waals surface area contributed by atoms with Crippen molar-refractivity contribution in [1.29, 1.82) is 0 Å². The van der Waals surface area contributed by atoms with E-state index >= 15 is 0 Å². The second kappa shape index (κ2) is 9.04. The van der Waals surface area contributed by atoms with Crippen LogP contribution in [0, 0.1) is 0 Å². The second-order valence-corrected chi connectivity index (χ2v) is 7.56. The van der Waals surface area contributed by atoms with E-state index in [0.29, 0.717) is 31.4 Å². The molecule has 0 saturated heterocycles. The van der Waals surface area contributed by atoms with Gasteiger partial charge in [0.1, 0.15) is 11.3 Å². The summed E-state index contributed by atoms with van der Waals surface area (Å²) in [6.07, 6.45) is 3.53. The van der Waals surface area contributed by atoms with Gasteiger partial charge in [0.2, 0.25) is 5.91 Å². The molecule has 2 heterocycles. The molecule has 7 heteroatoms. The minimum absolute atomic E-state index is 0.0123. The number of nitrogens with one attached hydrogen (secondary N) is 1. The Hall–Kier alpha value is -3.61. The third-order valence-electron chi connectivity index (χ3n) is 5.52. The van der Waals surface area contributed by atoms with Crippen LogP contribution in [0.15, 0.2) is 59.5 Å². The predicted molar refractivity (Wildman–Crippen MR) is 121 cm³/mol. The molecule has 7 nitrogen and oxygen atoms in total. The number of hydrogen-bond donors (Lipinski definition) is 1. The van der Waals surface area contributed by atoms with Gasteiger partial charge in [-0.1, -0.05) is 30.3 Å². The Balaban J connectivity index is 1.39. The summed E-state index contributed by atoms with van der Waals surface area (Å²) in [4.78, 5) is 25.0. The van der Waals surface area contributed by atoms with Gasteiger partial charge in [-0.2, -0.15) is 5.10 Å². The van der Waals surface area contributed by atoms with E-state index in [1.807, 2.05) is 53.1 Å². The molecule has 1 N–H and O–H groups in total. The first-order valence-electron chi connectivity index (χ1n) is 10.4. The number of hydrogen-bond acceptors (Lipinski definition) is 4. The molecule has 0 unspecified atom stereocenters. The lowest BCUT2D eigenvalue weighted by molar-refractivity contribution is -0.121. The fourth-order valence-electron chi connectivity index (χ4n) is 3.93. The molecule has 0 aliphatic carbocycles. The van der Waals surface area contributed by atoms with Gasteiger partial charge in [0.15, 0.2) is 0 Å². The van der Waals surface area contributed by atoms with E-state index < -0.39 is 0 Å². The number of rotatable bonds is 8. The van der Waals surface area contributed by atoms with E-state index in [-0.39, 0.29) is 11.5 Å². The minimum Gasteiger partial charge on any atom is -0.497 e. The van der Waals surface area contributed by atoms with Gasteiger partial charge in [0.25, 0.3) is 5.56 Å². The highest BCUT2D eigenvalue weighted by Gasteiger charge is 2.15. The van der Waals surface area contributed by atoms with Crippen LogP contribution in [0.1, 0.15) is 18.4 Å². The number of ether oxygens (including phenoxy) is 1. The number of para-hydroxylation sites is 1. The molecule has 0 fully saturated rings. The van der Waals surface area contributed by atoms with Crippen molar-refractivity contribution in [3.63, 3.8) is 0 Å². The molecule has 4 rings (SSSR count). The van der Waals surface area contributed by atoms with Crippen LogP contribution in [0.5, 0.6) is 5.75 Å². The molecular weight excluding hydrogens is 392 g/mol. The molecular formula is C24H26N4O3. The number of aryl methyl sites for hydroxylation is 2. The zero-order valence-electron chi connectivity index (χ0n) is 17.8. The maximum atomic E-state index is 12.7. The number of amides is 1. The Labute approximate surface area is 180 Å². The van der Waals surface area contributed by atoms with Crippen molar-refractivity contribution in [3.05, 3.63) is 70.6 Å². The topological polar surface area (TPSA) is 78.2 Å². The number of benzene rings is 2. The smallest absolute Gasteiger partial charge is 0.291 e. The van der Waals surface area contributed by atoms with Gasteiger partial charge < -0.3 is 14.6 Å². The van der Waals surface area contributed by atoms with E-state index in [1.54, 1.807) is 20.4 Å². The first-order valence-corrected chi connectivity index (χ1v) is 10.4. The predicted octanol–water partition coefficient (Wildman–Crippen LogP) is 3.04. The highest BCUT2D eigenvalue weighted by atomic mass is 16.5. The van der Waals surface area contributed by atoms with Gasteiger partial charge >= 0.3 is 0 Å². The molecule has 2 aromatic heterocycles. The van der Waals surface area contributed by atoms with E-state index in [0.717, 1.165) is 34.0 Å². The maximum Gasteiger partial charge on any atom is 0.291 e. The molecule has 0 saturated carbocycles. The highest BCUT2D eigenvalue weighted by Crippen LogP contribution is 2.26. The van der Waals surface area contributed by atoms with E-state index in [1.165, 1.54) is 4.68 Å². The van der Waals surface area contributed by atoms with Crippen LogP contribution in [0.3, 0.4) is 0 Å². The molecule has 0 bridgehead atoms. The van der Waals surface area contributed by atoms with Crippen molar-refractivity contribution in [2.75, 3.05) is 13.7 Å². The summed E-state index contributed by atoms with van der Waals surface area (Å²) < 4.78 is 8.59. The van der Waals surface area contributed by atoms with Crippen molar-refractivity contribution >= 4 is 27.7 Å². The van der Waals surface area contributed by atoms with Gasteiger partial charge in [-0.05, 0) is 36.6 Å². The van der Waals surface area contributed by atoms with Gasteiger partial charge in [-0.15, -0.1) is 0 Å². The zero-order chi connectivity index (χ0) is 21.8. The lowest BCUT2D eigenvalue weighted by Crippen LogP contribution is -2.26. The van der Waals surface area contributed by atoms with Crippen LogP contribution in [0.4, 0.5) is 0 Å². The largest absolute Gasteiger partial charge is 0.497 e. The highest BCUT2D eigenvalue weighted by molar-refractivity contribution is 6.07. The summed E-state index contributed by atoms with van der Waals surface area (Å²) in [7, 11) is 3.30. The fraction of sp³-hybridized carbons (Fsp3) is 0.292. The van der Waals surface area contributed by atoms with Gasteiger partial charge in [-0.3, -0.25) is 9.59 Å². The third kappa shape index (κ3) is 4.30. The molecule has 4 aromatic rings. The SMILES string of the molecule is COc1cccc(CCNC(=O)CCCn2c3ccccc3c3cnn(C)c(=O)c32)c1. The van der Waals surface area contributed by atoms with Crippen LogP contribution in [0.2, 0.25) is 0 Å². The second-order valence-electron chi connectivity index (χ2n) is 7.56. The van der Waals surface area contributed by atoms with Crippen LogP contribution in [0.25, 0.3) is 21.8 Å². The van der Waals surface area contributed by atoms with Crippen LogP contribution in [-0.2, 0) is 24.8 Å². The number of methoxy groups -OCH3 is 1. The summed E-state index contributed by atoms with van der Waals surface area (Å²) in [5.41, 5.74) is 2.61. The monoisotopic (exact) mass is 418 g/mol. The number of carbonyl (C=O) groups excluding carboxylic acids is 1. The summed E-state index contributed by atoms with van der Waals surface area (Å²) >= 11 is 0. The quantitative estimate of drug-likeness (QED) is 0.477. The van der Waals surface area contributed by atoms with Gasteiger partial charge in [0, 0.05) is 42.8 Å². The molecule has 160 valence electrons. The molecule has 2 aromatic carbocycles. The summed E-state index contributed by atoms with van der Waals surface area (Å²) in [5, 5.41) is 9.00. The minimum atomic E-state index is -0.128. The van der Waals surface area contributed by atoms with Crippen molar-refractivity contribution in [2.24, 2.45) is 7.05 Å². The zero-order valence-corrected chi connectivity index (χ0v) is 17.8. The average Bonchev–Trinajstić information content (AvgIpc) is 3.11. The molecule has 0 radical (unpaired) electrons. The first-order chi connectivity index (χ1) is 15.1. The number of aromatic nitrogens is 3. The summed E-state index contributed by atoms with van der Waals surface area (Å²) in [6, 6.07) is 15.8. The van der Waals surface area contributed by atoms with E-state index in [2.05, 4.69) is 10.4 Å². The van der Waals surface area contributed by atoms with Crippen LogP contribution < -0.4 is 15.6 Å². The number of fused-ring (bicyclic) bond motifs is 3. The Morgan fingerprint density at radius 3 is 2.81 bits per heavy atom. The molecule has 0 aliphatic rings. The maximum absolute atomic E-state index is 12.7. The number of nitrogens with zero attached hydrogens (tertiary/aromatic N) is 3. The van der Waals surface area contributed by atoms with Crippen molar-refractivity contribution < 1.29 is 9.53 Å². The summed E-state index contributed by atoms with van der Waals surface area (Å²) in [5.74, 6) is 0.828. The lowest BCUT2D eigenvalue weighted by atomic mass is 10.1. The Morgan fingerprint density at radius 2 is 1.97 bits per heavy atom. The van der Waals surface area contributed by atoms with Crippen molar-refractivity contribution in [1.82, 2.24) is 19.7 Å². The first kappa shape index (κ1) is 20.7. The normalized spacial score (nSPS) is 11.2. The van der Waals surface area contributed by atoms with Crippen LogP contribution in [-0.4, -0.2) is 33.9 Å². The number of carbonyl (C=O) groups is 1. The molecule has 0 atom stereocenters. The Bertz CT molecular complexity index is 1290. The van der Waals surface area contributed by atoms with Crippen molar-refractivity contribution in [3.8, 4) is 5.75 Å². The van der Waals surface area contributed by atoms with Crippen LogP contribution >= 0.6 is 0 Å². The fourth-order valence-corrected chi connectivity index (χ4v) is 3.93. The molecule has 0 spiro atoms. The van der Waals surface area contributed by atoms with Gasteiger partial charge in [-0.25, -0.2) is 4.68 Å². The molecule has 0 aliphatic heterocycles. The standard InChI is InChI=1S/C24H26N4O3/c1-27-24(30)23-20(16-26-27)19-9-3-4-10-21(19)28(23)14-6-11-22(29)25-13-12-17-7-5-8-18(15-17)31-2/h3-5,7-10,15-16H,6,11-14H2,1-2H3,(H,25,29). The Morgan fingerprint density at radius 1 is 1.13 bits per heavy atom. The average molecular weight is 418 g/mol.